The van der Waals surface area contributed by atoms with Crippen LogP contribution in [0.15, 0.2) is 12.7 Å². The molecular weight excluding hydrogens is 138 g/mol. The number of nitrogens with zero attached hydrogens (tertiary/aromatic N) is 3. The Balaban J connectivity index is 2.35. The topological polar surface area (TPSA) is 77.2 Å². The fraction of sp³-hybridized carbons (Fsp3) is 0.250. The summed E-state index contributed by atoms with van der Waals surface area (Å²) in [4.78, 5) is 13.4. The summed E-state index contributed by atoms with van der Waals surface area (Å²) in [5.74, 6) is 0. The number of carboxylic acid groups (broad SMARTS) is 1. The zero-order chi connectivity index (χ0) is 7.40. The second-order valence-corrected chi connectivity index (χ2v) is 1.47. The SMILES string of the molecule is O=C(O)OCn1cncn1. The van der Waals surface area contributed by atoms with Crippen molar-refractivity contribution in [3.8, 4) is 0 Å². The van der Waals surface area contributed by atoms with Crippen molar-refractivity contribution < 1.29 is 14.6 Å². The normalized spacial score (nSPS) is 9.20. The lowest BCUT2D eigenvalue weighted by Gasteiger charge is -1.96. The number of hydrogen-bond donors (Lipinski definition) is 1. The number of carbonyl (C=O) groups is 1. The molecule has 0 aromatic carbocycles. The van der Waals surface area contributed by atoms with Gasteiger partial charge in [-0.05, 0) is 0 Å². The first-order chi connectivity index (χ1) is 4.79. The Bertz CT molecular complexity index is 208. The van der Waals surface area contributed by atoms with Crippen molar-refractivity contribution >= 4 is 6.16 Å². The van der Waals surface area contributed by atoms with E-state index < -0.39 is 6.16 Å². The summed E-state index contributed by atoms with van der Waals surface area (Å²) in [5, 5.41) is 11.6. The summed E-state index contributed by atoms with van der Waals surface area (Å²) in [6.07, 6.45) is 1.34. The number of hydrogen-bond acceptors (Lipinski definition) is 4. The number of rotatable bonds is 2. The Morgan fingerprint density at radius 3 is 3.10 bits per heavy atom. The minimum absolute atomic E-state index is 0.116. The van der Waals surface area contributed by atoms with Crippen molar-refractivity contribution in [2.75, 3.05) is 0 Å². The maximum atomic E-state index is 9.81. The number of ether oxygens (including phenoxy) is 1. The summed E-state index contributed by atoms with van der Waals surface area (Å²) in [7, 11) is 0. The van der Waals surface area contributed by atoms with Gasteiger partial charge in [-0.25, -0.2) is 14.5 Å². The highest BCUT2D eigenvalue weighted by Crippen LogP contribution is 1.82. The molecule has 1 aromatic heterocycles. The molecule has 54 valence electrons. The van der Waals surface area contributed by atoms with Crippen LogP contribution in [0.2, 0.25) is 0 Å². The van der Waals surface area contributed by atoms with Gasteiger partial charge in [-0.1, -0.05) is 0 Å². The van der Waals surface area contributed by atoms with E-state index in [0.717, 1.165) is 0 Å². The van der Waals surface area contributed by atoms with Crippen LogP contribution >= 0.6 is 0 Å². The maximum Gasteiger partial charge on any atom is 0.507 e. The van der Waals surface area contributed by atoms with Crippen LogP contribution in [-0.2, 0) is 11.5 Å². The van der Waals surface area contributed by atoms with E-state index in [9.17, 15) is 4.79 Å². The van der Waals surface area contributed by atoms with Crippen molar-refractivity contribution in [1.82, 2.24) is 14.8 Å². The van der Waals surface area contributed by atoms with Crippen LogP contribution in [0.1, 0.15) is 0 Å². The predicted molar refractivity (Wildman–Crippen MR) is 29.1 cm³/mol. The molecule has 1 N–H and O–H groups in total. The molecule has 0 aliphatic carbocycles. The van der Waals surface area contributed by atoms with Gasteiger partial charge in [0.1, 0.15) is 12.7 Å². The summed E-state index contributed by atoms with van der Waals surface area (Å²) >= 11 is 0. The molecule has 0 unspecified atom stereocenters. The third-order valence-electron chi connectivity index (χ3n) is 0.787. The van der Waals surface area contributed by atoms with E-state index in [-0.39, 0.29) is 6.73 Å². The van der Waals surface area contributed by atoms with Crippen molar-refractivity contribution in [1.29, 1.82) is 0 Å². The van der Waals surface area contributed by atoms with Gasteiger partial charge in [0.25, 0.3) is 0 Å². The van der Waals surface area contributed by atoms with Gasteiger partial charge in [-0.3, -0.25) is 0 Å². The second-order valence-electron chi connectivity index (χ2n) is 1.47. The molecular formula is C4H5N3O3. The van der Waals surface area contributed by atoms with Crippen molar-refractivity contribution in [3.63, 3.8) is 0 Å². The first-order valence-corrected chi connectivity index (χ1v) is 2.47. The molecule has 0 saturated heterocycles. The van der Waals surface area contributed by atoms with E-state index in [2.05, 4.69) is 14.8 Å². The van der Waals surface area contributed by atoms with Crippen LogP contribution < -0.4 is 0 Å². The molecule has 0 amide bonds. The van der Waals surface area contributed by atoms with Crippen LogP contribution in [0.5, 0.6) is 0 Å². The summed E-state index contributed by atoms with van der Waals surface area (Å²) < 4.78 is 5.42. The highest BCUT2D eigenvalue weighted by molar-refractivity contribution is 5.56. The fourth-order valence-corrected chi connectivity index (χ4v) is 0.421. The van der Waals surface area contributed by atoms with E-state index in [1.165, 1.54) is 17.3 Å². The van der Waals surface area contributed by atoms with Gasteiger partial charge in [-0.2, -0.15) is 5.10 Å². The average molecular weight is 143 g/mol. The first kappa shape index (κ1) is 6.53. The molecule has 0 saturated carbocycles. The van der Waals surface area contributed by atoms with E-state index in [1.54, 1.807) is 0 Å². The Morgan fingerprint density at radius 2 is 2.60 bits per heavy atom. The summed E-state index contributed by atoms with van der Waals surface area (Å²) in [5.41, 5.74) is 0. The van der Waals surface area contributed by atoms with E-state index in [4.69, 9.17) is 5.11 Å². The molecule has 0 aliphatic heterocycles. The molecule has 1 rings (SSSR count). The Kier molecular flexibility index (Phi) is 1.83. The largest absolute Gasteiger partial charge is 0.507 e. The maximum absolute atomic E-state index is 9.81. The molecule has 1 heterocycles. The monoisotopic (exact) mass is 143 g/mol. The van der Waals surface area contributed by atoms with Crippen LogP contribution in [-0.4, -0.2) is 26.0 Å². The van der Waals surface area contributed by atoms with Gasteiger partial charge in [0.05, 0.1) is 0 Å². The average Bonchev–Trinajstić information content (AvgIpc) is 2.34. The van der Waals surface area contributed by atoms with E-state index >= 15 is 0 Å². The fourth-order valence-electron chi connectivity index (χ4n) is 0.421. The molecule has 6 nitrogen and oxygen atoms in total. The quantitative estimate of drug-likeness (QED) is 0.586. The van der Waals surface area contributed by atoms with Crippen molar-refractivity contribution in [3.05, 3.63) is 12.7 Å². The molecule has 0 radical (unpaired) electrons. The first-order valence-electron chi connectivity index (χ1n) is 2.47. The van der Waals surface area contributed by atoms with Crippen LogP contribution in [0.25, 0.3) is 0 Å². The van der Waals surface area contributed by atoms with E-state index in [0.29, 0.717) is 0 Å². The van der Waals surface area contributed by atoms with Crippen molar-refractivity contribution in [2.45, 2.75) is 6.73 Å². The lowest BCUT2D eigenvalue weighted by Crippen LogP contribution is -2.06. The van der Waals surface area contributed by atoms with E-state index in [1.807, 2.05) is 0 Å². The minimum atomic E-state index is -1.32. The van der Waals surface area contributed by atoms with Gasteiger partial charge in [0, 0.05) is 0 Å². The molecule has 0 spiro atoms. The molecule has 0 bridgehead atoms. The van der Waals surface area contributed by atoms with Crippen LogP contribution in [0.4, 0.5) is 4.79 Å². The Labute approximate surface area is 56.1 Å². The third-order valence-corrected chi connectivity index (χ3v) is 0.787. The molecule has 0 atom stereocenters. The van der Waals surface area contributed by atoms with Gasteiger partial charge in [0.15, 0.2) is 6.73 Å². The highest BCUT2D eigenvalue weighted by Gasteiger charge is 1.95. The lowest BCUT2D eigenvalue weighted by atomic mass is 11.1. The summed E-state index contributed by atoms with van der Waals surface area (Å²) in [6, 6.07) is 0. The van der Waals surface area contributed by atoms with Crippen molar-refractivity contribution in [2.24, 2.45) is 0 Å². The number of aromatic nitrogens is 3. The van der Waals surface area contributed by atoms with Gasteiger partial charge < -0.3 is 9.84 Å². The molecule has 10 heavy (non-hydrogen) atoms. The highest BCUT2D eigenvalue weighted by atomic mass is 16.7. The summed E-state index contributed by atoms with van der Waals surface area (Å²) in [6.45, 7) is -0.116. The third kappa shape index (κ3) is 1.73. The standard InChI is InChI=1S/C4H5N3O3/c8-4(9)10-3-7-2-5-1-6-7/h1-2H,3H2,(H,8,9). The Hall–Kier alpha value is -1.59. The minimum Gasteiger partial charge on any atom is -0.450 e. The Morgan fingerprint density at radius 1 is 1.80 bits per heavy atom. The van der Waals surface area contributed by atoms with Gasteiger partial charge in [-0.15, -0.1) is 0 Å². The van der Waals surface area contributed by atoms with Crippen LogP contribution in [0, 0.1) is 0 Å². The van der Waals surface area contributed by atoms with Gasteiger partial charge in [0.2, 0.25) is 0 Å². The predicted octanol–water partition coefficient (Wildman–Crippen LogP) is -0.0698. The molecule has 0 aliphatic rings. The second kappa shape index (κ2) is 2.81. The van der Waals surface area contributed by atoms with Crippen LogP contribution in [0.3, 0.4) is 0 Å². The smallest absolute Gasteiger partial charge is 0.450 e. The molecule has 1 aromatic rings. The lowest BCUT2D eigenvalue weighted by molar-refractivity contribution is 0.0603. The zero-order valence-corrected chi connectivity index (χ0v) is 4.97. The molecule has 0 fully saturated rings. The van der Waals surface area contributed by atoms with Gasteiger partial charge >= 0.3 is 6.16 Å². The molecule has 6 heteroatoms. The zero-order valence-electron chi connectivity index (χ0n) is 4.97.